The first kappa shape index (κ1) is 15.1. The number of halogens is 1. The maximum atomic E-state index is 12.3. The summed E-state index contributed by atoms with van der Waals surface area (Å²) in [4.78, 5) is 20.5. The highest BCUT2D eigenvalue weighted by atomic mass is 35.5. The van der Waals surface area contributed by atoms with E-state index in [-0.39, 0.29) is 5.95 Å². The first-order chi connectivity index (χ1) is 11.1. The van der Waals surface area contributed by atoms with Crippen LogP contribution in [0.2, 0.25) is 5.02 Å². The smallest absolute Gasteiger partial charge is 0.298 e. The van der Waals surface area contributed by atoms with Crippen LogP contribution in [0.5, 0.6) is 0 Å². The minimum Gasteiger partial charge on any atom is -0.298 e. The second kappa shape index (κ2) is 6.50. The first-order valence-electron chi connectivity index (χ1n) is 6.94. The summed E-state index contributed by atoms with van der Waals surface area (Å²) < 4.78 is 1.40. The molecule has 0 saturated carbocycles. The van der Waals surface area contributed by atoms with Gasteiger partial charge >= 0.3 is 5.69 Å². The third-order valence-corrected chi connectivity index (χ3v) is 3.38. The number of nitrogens with one attached hydrogen (secondary N) is 2. The van der Waals surface area contributed by atoms with Crippen LogP contribution in [-0.4, -0.2) is 14.5 Å². The van der Waals surface area contributed by atoms with Crippen molar-refractivity contribution in [3.63, 3.8) is 0 Å². The Morgan fingerprint density at radius 3 is 2.48 bits per heavy atom. The molecule has 0 bridgehead atoms. The lowest BCUT2D eigenvalue weighted by atomic mass is 10.3. The van der Waals surface area contributed by atoms with Crippen molar-refractivity contribution in [1.29, 1.82) is 0 Å². The van der Waals surface area contributed by atoms with E-state index in [1.54, 1.807) is 31.2 Å². The summed E-state index contributed by atoms with van der Waals surface area (Å²) in [5, 5.41) is 0.543. The highest BCUT2D eigenvalue weighted by Gasteiger charge is 2.09. The summed E-state index contributed by atoms with van der Waals surface area (Å²) in [7, 11) is 0. The predicted molar refractivity (Wildman–Crippen MR) is 91.1 cm³/mol. The largest absolute Gasteiger partial charge is 0.356 e. The van der Waals surface area contributed by atoms with Crippen molar-refractivity contribution in [2.75, 3.05) is 10.9 Å². The van der Waals surface area contributed by atoms with E-state index in [2.05, 4.69) is 20.8 Å². The molecule has 0 spiro atoms. The number of hydrogen-bond acceptors (Lipinski definition) is 5. The van der Waals surface area contributed by atoms with Crippen LogP contribution < -0.4 is 16.5 Å². The van der Waals surface area contributed by atoms with Gasteiger partial charge in [0.15, 0.2) is 0 Å². The van der Waals surface area contributed by atoms with Gasteiger partial charge in [0.1, 0.15) is 5.82 Å². The SMILES string of the molecule is Cc1nc(NNc2ccccc2)nc(=O)n1-c1cccc(Cl)c1. The molecular formula is C16H14ClN5O. The molecule has 2 aromatic carbocycles. The van der Waals surface area contributed by atoms with E-state index >= 15 is 0 Å². The number of benzene rings is 2. The Labute approximate surface area is 137 Å². The van der Waals surface area contributed by atoms with Crippen LogP contribution in [0.1, 0.15) is 5.82 Å². The van der Waals surface area contributed by atoms with Gasteiger partial charge in [-0.1, -0.05) is 35.9 Å². The molecule has 0 radical (unpaired) electrons. The topological polar surface area (TPSA) is 71.8 Å². The van der Waals surface area contributed by atoms with Gasteiger partial charge in [-0.25, -0.2) is 9.36 Å². The zero-order valence-electron chi connectivity index (χ0n) is 12.3. The van der Waals surface area contributed by atoms with Gasteiger partial charge in [-0.2, -0.15) is 9.97 Å². The molecule has 0 unspecified atom stereocenters. The average Bonchev–Trinajstić information content (AvgIpc) is 2.53. The van der Waals surface area contributed by atoms with E-state index in [4.69, 9.17) is 11.6 Å². The van der Waals surface area contributed by atoms with Crippen molar-refractivity contribution in [3.05, 3.63) is 75.9 Å². The summed E-state index contributed by atoms with van der Waals surface area (Å²) in [6, 6.07) is 16.4. The van der Waals surface area contributed by atoms with Crippen molar-refractivity contribution >= 4 is 23.2 Å². The van der Waals surface area contributed by atoms with Crippen LogP contribution in [0, 0.1) is 6.92 Å². The zero-order chi connectivity index (χ0) is 16.2. The number of para-hydroxylation sites is 1. The molecular weight excluding hydrogens is 314 g/mol. The standard InChI is InChI=1S/C16H14ClN5O/c1-11-18-15(21-20-13-7-3-2-4-8-13)19-16(23)22(11)14-9-5-6-12(17)10-14/h2-10,20H,1H3,(H,19,21,23). The Morgan fingerprint density at radius 1 is 1.00 bits per heavy atom. The van der Waals surface area contributed by atoms with Crippen LogP contribution >= 0.6 is 11.6 Å². The summed E-state index contributed by atoms with van der Waals surface area (Å²) in [6.45, 7) is 1.73. The van der Waals surface area contributed by atoms with Gasteiger partial charge in [0, 0.05) is 5.02 Å². The molecule has 0 atom stereocenters. The van der Waals surface area contributed by atoms with Crippen LogP contribution in [0.15, 0.2) is 59.4 Å². The molecule has 0 saturated heterocycles. The number of hydrazine groups is 1. The highest BCUT2D eigenvalue weighted by molar-refractivity contribution is 6.30. The number of aromatic nitrogens is 3. The Morgan fingerprint density at radius 2 is 1.78 bits per heavy atom. The lowest BCUT2D eigenvalue weighted by Gasteiger charge is -2.12. The third kappa shape index (κ3) is 3.49. The van der Waals surface area contributed by atoms with Gasteiger partial charge in [-0.05, 0) is 37.3 Å². The van der Waals surface area contributed by atoms with E-state index in [0.717, 1.165) is 5.69 Å². The van der Waals surface area contributed by atoms with Gasteiger partial charge in [0.05, 0.1) is 11.4 Å². The molecule has 1 heterocycles. The maximum Gasteiger partial charge on any atom is 0.356 e. The number of hydrogen-bond donors (Lipinski definition) is 2. The second-order valence-electron chi connectivity index (χ2n) is 4.81. The molecule has 116 valence electrons. The fourth-order valence-electron chi connectivity index (χ4n) is 2.13. The van der Waals surface area contributed by atoms with Gasteiger partial charge in [0.25, 0.3) is 0 Å². The molecule has 0 aliphatic rings. The maximum absolute atomic E-state index is 12.3. The lowest BCUT2D eigenvalue weighted by Crippen LogP contribution is -2.27. The van der Waals surface area contributed by atoms with E-state index in [1.807, 2.05) is 30.3 Å². The Kier molecular flexibility index (Phi) is 4.25. The van der Waals surface area contributed by atoms with Crippen LogP contribution in [0.25, 0.3) is 5.69 Å². The highest BCUT2D eigenvalue weighted by Crippen LogP contribution is 2.14. The molecule has 0 aliphatic heterocycles. The molecule has 0 fully saturated rings. The van der Waals surface area contributed by atoms with Crippen LogP contribution in [0.4, 0.5) is 11.6 Å². The van der Waals surface area contributed by atoms with E-state index in [0.29, 0.717) is 16.5 Å². The second-order valence-corrected chi connectivity index (χ2v) is 5.24. The normalized spacial score (nSPS) is 10.3. The molecule has 2 N–H and O–H groups in total. The number of rotatable bonds is 4. The van der Waals surface area contributed by atoms with Crippen molar-refractivity contribution in [3.8, 4) is 5.69 Å². The van der Waals surface area contributed by atoms with E-state index in [1.165, 1.54) is 4.57 Å². The minimum absolute atomic E-state index is 0.203. The van der Waals surface area contributed by atoms with Gasteiger partial charge in [-0.3, -0.25) is 10.9 Å². The average molecular weight is 328 g/mol. The molecule has 23 heavy (non-hydrogen) atoms. The van der Waals surface area contributed by atoms with Crippen molar-refractivity contribution in [1.82, 2.24) is 14.5 Å². The van der Waals surface area contributed by atoms with Crippen LogP contribution in [-0.2, 0) is 0 Å². The summed E-state index contributed by atoms with van der Waals surface area (Å²) in [5.41, 5.74) is 6.80. The quantitative estimate of drug-likeness (QED) is 0.721. The fourth-order valence-corrected chi connectivity index (χ4v) is 2.31. The van der Waals surface area contributed by atoms with Gasteiger partial charge in [-0.15, -0.1) is 0 Å². The molecule has 3 rings (SSSR count). The lowest BCUT2D eigenvalue weighted by molar-refractivity contribution is 0.813. The van der Waals surface area contributed by atoms with Crippen LogP contribution in [0.3, 0.4) is 0 Å². The molecule has 1 aromatic heterocycles. The summed E-state index contributed by atoms with van der Waals surface area (Å²) in [6.07, 6.45) is 0. The number of anilines is 2. The zero-order valence-corrected chi connectivity index (χ0v) is 13.1. The summed E-state index contributed by atoms with van der Waals surface area (Å²) in [5.74, 6) is 0.708. The Hall–Kier alpha value is -2.86. The van der Waals surface area contributed by atoms with Gasteiger partial charge < -0.3 is 0 Å². The Balaban J connectivity index is 1.87. The minimum atomic E-state index is -0.433. The van der Waals surface area contributed by atoms with E-state index < -0.39 is 5.69 Å². The van der Waals surface area contributed by atoms with Gasteiger partial charge in [0.2, 0.25) is 5.95 Å². The molecule has 3 aromatic rings. The fraction of sp³-hybridized carbons (Fsp3) is 0.0625. The molecule has 6 nitrogen and oxygen atoms in total. The number of aryl methyl sites for hydroxylation is 1. The van der Waals surface area contributed by atoms with Crippen molar-refractivity contribution < 1.29 is 0 Å². The first-order valence-corrected chi connectivity index (χ1v) is 7.32. The third-order valence-electron chi connectivity index (χ3n) is 3.14. The van der Waals surface area contributed by atoms with Crippen molar-refractivity contribution in [2.45, 2.75) is 6.92 Å². The molecule has 7 heteroatoms. The molecule has 0 amide bonds. The molecule has 0 aliphatic carbocycles. The number of nitrogens with zero attached hydrogens (tertiary/aromatic N) is 3. The monoisotopic (exact) mass is 327 g/mol. The van der Waals surface area contributed by atoms with Crippen molar-refractivity contribution in [2.24, 2.45) is 0 Å². The predicted octanol–water partition coefficient (Wildman–Crippen LogP) is 3.03. The Bertz CT molecular complexity index is 879. The van der Waals surface area contributed by atoms with E-state index in [9.17, 15) is 4.79 Å². The summed E-state index contributed by atoms with van der Waals surface area (Å²) >= 11 is 5.97.